The van der Waals surface area contributed by atoms with Crippen LogP contribution >= 0.6 is 0 Å². The fourth-order valence-electron chi connectivity index (χ4n) is 6.80. The molecule has 1 aliphatic heterocycles. The summed E-state index contributed by atoms with van der Waals surface area (Å²) in [5.74, 6) is -3.34. The maximum absolute atomic E-state index is 13.8. The molecule has 0 unspecified atom stereocenters. The minimum absolute atomic E-state index is 0.0119. The van der Waals surface area contributed by atoms with Crippen molar-refractivity contribution in [1.82, 2.24) is 41.1 Å². The van der Waals surface area contributed by atoms with E-state index in [1.807, 2.05) is 54.6 Å². The highest BCUT2D eigenvalue weighted by Crippen LogP contribution is 2.21. The van der Waals surface area contributed by atoms with Crippen molar-refractivity contribution in [2.75, 3.05) is 13.1 Å². The van der Waals surface area contributed by atoms with Crippen molar-refractivity contribution < 1.29 is 28.8 Å². The van der Waals surface area contributed by atoms with Crippen molar-refractivity contribution in [3.05, 3.63) is 90.1 Å². The topological polar surface area (TPSA) is 276 Å². The zero-order valence-corrected chi connectivity index (χ0v) is 31.3. The van der Waals surface area contributed by atoms with Crippen LogP contribution in [-0.4, -0.2) is 105 Å². The van der Waals surface area contributed by atoms with E-state index in [9.17, 15) is 28.8 Å². The first-order valence-electron chi connectivity index (χ1n) is 18.8. The van der Waals surface area contributed by atoms with Crippen molar-refractivity contribution in [1.29, 1.82) is 0 Å². The van der Waals surface area contributed by atoms with Gasteiger partial charge in [0.25, 0.3) is 0 Å². The summed E-state index contributed by atoms with van der Waals surface area (Å²) in [4.78, 5) is 91.3. The number of carbonyl (C=O) groups excluding carboxylic acids is 6. The van der Waals surface area contributed by atoms with E-state index in [1.54, 1.807) is 12.4 Å². The number of imidazole rings is 1. The van der Waals surface area contributed by atoms with Crippen molar-refractivity contribution in [3.8, 4) is 0 Å². The van der Waals surface area contributed by atoms with Crippen LogP contribution in [0.2, 0.25) is 0 Å². The molecule has 56 heavy (non-hydrogen) atoms. The number of carbonyl (C=O) groups is 6. The number of unbranched alkanes of at least 4 members (excludes halogenated alkanes) is 1. The van der Waals surface area contributed by atoms with Crippen LogP contribution in [0.15, 0.2) is 73.3 Å². The lowest BCUT2D eigenvalue weighted by atomic mass is 10.0. The van der Waals surface area contributed by atoms with Crippen LogP contribution in [0, 0.1) is 0 Å². The normalized spacial score (nSPS) is 16.7. The average Bonchev–Trinajstić information content (AvgIpc) is 3.94. The predicted molar refractivity (Wildman–Crippen MR) is 208 cm³/mol. The predicted octanol–water partition coefficient (Wildman–Crippen LogP) is -0.579. The zero-order valence-electron chi connectivity index (χ0n) is 31.3. The van der Waals surface area contributed by atoms with E-state index in [0.717, 1.165) is 22.0 Å². The molecular formula is C39H51N11O6. The SMILES string of the molecule is C[C@H](NC(=O)[C@@H](Cc1c[nH]c2ccccc12)NC(=O)[C@@H](N)Cc1cnc[nH]1)C(=O)N[C@H]1CC(=O)N([C@H](Cc2ccccc2)C(=O)N[C@@H](CCCCN)C(N)=O)C1. The van der Waals surface area contributed by atoms with Gasteiger partial charge >= 0.3 is 0 Å². The number of rotatable bonds is 20. The van der Waals surface area contributed by atoms with E-state index in [-0.39, 0.29) is 38.1 Å². The Morgan fingerprint density at radius 1 is 0.875 bits per heavy atom. The first-order chi connectivity index (χ1) is 26.9. The number of amides is 6. The first kappa shape index (κ1) is 41.1. The van der Waals surface area contributed by atoms with Gasteiger partial charge in [0.15, 0.2) is 0 Å². The molecule has 5 rings (SSSR count). The minimum Gasteiger partial charge on any atom is -0.368 e. The molecule has 12 N–H and O–H groups in total. The van der Waals surface area contributed by atoms with E-state index in [1.165, 1.54) is 18.2 Å². The molecule has 6 atom stereocenters. The standard InChI is InChI=1S/C39H51N11O6/c1-23(46-38(55)32(16-25-19-44-30-12-6-5-11-28(25)30)49-37(54)29(41)17-26-20-43-22-45-26)36(53)47-27-18-34(51)50(21-27)33(15-24-9-3-2-4-10-24)39(56)48-31(35(42)52)13-7-8-14-40/h2-6,9-12,19-20,22-23,27,29,31-33,44H,7-8,13-18,21,40-41H2,1H3,(H2,42,52)(H,43,45)(H,46,55)(H,47,53)(H,48,56)(H,49,54)/t23-,27-,29-,31-,32+,33+/m0/s1. The Labute approximate surface area is 324 Å². The first-order valence-corrected chi connectivity index (χ1v) is 18.8. The van der Waals surface area contributed by atoms with Crippen molar-refractivity contribution in [2.24, 2.45) is 17.2 Å². The molecule has 0 aliphatic carbocycles. The lowest BCUT2D eigenvalue weighted by Gasteiger charge is -2.29. The maximum Gasteiger partial charge on any atom is 0.243 e. The number of fused-ring (bicyclic) bond motifs is 1. The van der Waals surface area contributed by atoms with Gasteiger partial charge in [-0.2, -0.15) is 0 Å². The second-order valence-electron chi connectivity index (χ2n) is 14.2. The molecule has 2 aromatic carbocycles. The second-order valence-corrected chi connectivity index (χ2v) is 14.2. The van der Waals surface area contributed by atoms with Gasteiger partial charge in [-0.3, -0.25) is 28.8 Å². The van der Waals surface area contributed by atoms with Crippen LogP contribution in [0.4, 0.5) is 0 Å². The Kier molecular flexibility index (Phi) is 14.3. The number of primary amides is 1. The van der Waals surface area contributed by atoms with Crippen molar-refractivity contribution in [2.45, 2.75) is 88.1 Å². The van der Waals surface area contributed by atoms with Crippen LogP contribution in [0.5, 0.6) is 0 Å². The molecule has 0 spiro atoms. The third-order valence-electron chi connectivity index (χ3n) is 9.88. The number of hydrogen-bond acceptors (Lipinski definition) is 9. The zero-order chi connectivity index (χ0) is 40.2. The van der Waals surface area contributed by atoms with Gasteiger partial charge < -0.3 is 53.3 Å². The van der Waals surface area contributed by atoms with Gasteiger partial charge in [0.2, 0.25) is 35.4 Å². The van der Waals surface area contributed by atoms with Crippen LogP contribution in [-0.2, 0) is 48.0 Å². The van der Waals surface area contributed by atoms with Gasteiger partial charge in [-0.25, -0.2) is 4.98 Å². The number of H-pyrrole nitrogens is 2. The highest BCUT2D eigenvalue weighted by Gasteiger charge is 2.40. The molecule has 1 fully saturated rings. The highest BCUT2D eigenvalue weighted by molar-refractivity contribution is 5.95. The molecule has 0 saturated carbocycles. The smallest absolute Gasteiger partial charge is 0.243 e. The minimum atomic E-state index is -1.09. The molecule has 0 bridgehead atoms. The summed E-state index contributed by atoms with van der Waals surface area (Å²) in [6, 6.07) is 10.9. The van der Waals surface area contributed by atoms with Crippen molar-refractivity contribution >= 4 is 46.3 Å². The Morgan fingerprint density at radius 3 is 2.32 bits per heavy atom. The van der Waals surface area contributed by atoms with E-state index in [0.29, 0.717) is 31.5 Å². The summed E-state index contributed by atoms with van der Waals surface area (Å²) < 4.78 is 0. The molecule has 298 valence electrons. The number of aromatic nitrogens is 3. The largest absolute Gasteiger partial charge is 0.368 e. The lowest BCUT2D eigenvalue weighted by molar-refractivity contribution is -0.138. The molecule has 0 radical (unpaired) electrons. The van der Waals surface area contributed by atoms with Crippen LogP contribution in [0.1, 0.15) is 49.4 Å². The summed E-state index contributed by atoms with van der Waals surface area (Å²) in [6.07, 6.45) is 6.68. The molecule has 1 aliphatic rings. The number of nitrogens with one attached hydrogen (secondary N) is 6. The fourth-order valence-corrected chi connectivity index (χ4v) is 6.80. The summed E-state index contributed by atoms with van der Waals surface area (Å²) in [7, 11) is 0. The second kappa shape index (κ2) is 19.5. The molecule has 1 saturated heterocycles. The molecular weight excluding hydrogens is 718 g/mol. The quantitative estimate of drug-likeness (QED) is 0.0520. The van der Waals surface area contributed by atoms with Gasteiger partial charge in [0, 0.05) is 61.2 Å². The molecule has 17 heteroatoms. The summed E-state index contributed by atoms with van der Waals surface area (Å²) in [5.41, 5.74) is 20.5. The highest BCUT2D eigenvalue weighted by atomic mass is 16.2. The Morgan fingerprint density at radius 2 is 1.61 bits per heavy atom. The molecule has 4 aromatic rings. The summed E-state index contributed by atoms with van der Waals surface area (Å²) in [6.45, 7) is 1.94. The summed E-state index contributed by atoms with van der Waals surface area (Å²) in [5, 5.41) is 11.9. The van der Waals surface area contributed by atoms with Gasteiger partial charge in [-0.05, 0) is 49.9 Å². The van der Waals surface area contributed by atoms with Crippen molar-refractivity contribution in [3.63, 3.8) is 0 Å². The maximum atomic E-state index is 13.8. The van der Waals surface area contributed by atoms with Crippen LogP contribution in [0.3, 0.4) is 0 Å². The molecule has 17 nitrogen and oxygen atoms in total. The number of nitrogens with two attached hydrogens (primary N) is 3. The monoisotopic (exact) mass is 769 g/mol. The van der Waals surface area contributed by atoms with E-state index in [4.69, 9.17) is 17.2 Å². The third kappa shape index (κ3) is 11.0. The van der Waals surface area contributed by atoms with Crippen LogP contribution in [0.25, 0.3) is 10.9 Å². The molecule has 6 amide bonds. The Balaban J connectivity index is 1.24. The summed E-state index contributed by atoms with van der Waals surface area (Å²) >= 11 is 0. The Hall–Kier alpha value is -6.07. The fraction of sp³-hybridized carbons (Fsp3) is 0.410. The Bertz CT molecular complexity index is 1970. The molecule has 2 aromatic heterocycles. The number of para-hydroxylation sites is 1. The number of aromatic amines is 2. The number of nitrogens with zero attached hydrogens (tertiary/aromatic N) is 2. The van der Waals surface area contributed by atoms with Gasteiger partial charge in [0.1, 0.15) is 24.2 Å². The lowest BCUT2D eigenvalue weighted by Crippen LogP contribution is -2.57. The van der Waals surface area contributed by atoms with Gasteiger partial charge in [-0.1, -0.05) is 48.5 Å². The third-order valence-corrected chi connectivity index (χ3v) is 9.88. The van der Waals surface area contributed by atoms with Gasteiger partial charge in [0.05, 0.1) is 18.4 Å². The number of likely N-dealkylation sites (tertiary alicyclic amines) is 1. The van der Waals surface area contributed by atoms with E-state index >= 15 is 0 Å². The van der Waals surface area contributed by atoms with Crippen LogP contribution < -0.4 is 38.5 Å². The van der Waals surface area contributed by atoms with Gasteiger partial charge in [-0.15, -0.1) is 0 Å². The molecule has 3 heterocycles. The number of hydrogen-bond donors (Lipinski definition) is 9. The number of benzene rings is 2. The average molecular weight is 770 g/mol. The van der Waals surface area contributed by atoms with E-state index < -0.39 is 65.8 Å². The van der Waals surface area contributed by atoms with E-state index in [2.05, 4.69) is 36.2 Å².